The minimum atomic E-state index is -0.183. The summed E-state index contributed by atoms with van der Waals surface area (Å²) >= 11 is 0. The minimum Gasteiger partial charge on any atom is -0.467 e. The van der Waals surface area contributed by atoms with Gasteiger partial charge in [0, 0.05) is 13.2 Å². The van der Waals surface area contributed by atoms with Gasteiger partial charge in [-0.05, 0) is 55.3 Å². The highest BCUT2D eigenvalue weighted by molar-refractivity contribution is 5.26. The van der Waals surface area contributed by atoms with Crippen molar-refractivity contribution in [1.29, 1.82) is 0 Å². The molecule has 0 aliphatic carbocycles. The zero-order chi connectivity index (χ0) is 14.2. The van der Waals surface area contributed by atoms with Gasteiger partial charge in [0.05, 0.1) is 6.26 Å². The molecule has 0 amide bonds. The predicted octanol–water partition coefficient (Wildman–Crippen LogP) is 3.42. The summed E-state index contributed by atoms with van der Waals surface area (Å²) in [5.41, 5.74) is 2.11. The summed E-state index contributed by atoms with van der Waals surface area (Å²) in [7, 11) is 0. The van der Waals surface area contributed by atoms with Crippen molar-refractivity contribution in [2.45, 2.75) is 26.5 Å². The smallest absolute Gasteiger partial charge is 0.129 e. The molecule has 0 saturated heterocycles. The first-order valence-electron chi connectivity index (χ1n) is 6.81. The third-order valence-corrected chi connectivity index (χ3v) is 3.09. The fourth-order valence-corrected chi connectivity index (χ4v) is 1.95. The first-order chi connectivity index (χ1) is 9.75. The van der Waals surface area contributed by atoms with E-state index in [2.05, 4.69) is 5.32 Å². The Hall–Kier alpha value is -1.65. The summed E-state index contributed by atoms with van der Waals surface area (Å²) in [5, 5.41) is 3.33. The van der Waals surface area contributed by atoms with Crippen LogP contribution in [0.3, 0.4) is 0 Å². The van der Waals surface area contributed by atoms with Crippen LogP contribution < -0.4 is 5.32 Å². The topological polar surface area (TPSA) is 34.4 Å². The van der Waals surface area contributed by atoms with Gasteiger partial charge in [0.25, 0.3) is 0 Å². The van der Waals surface area contributed by atoms with Crippen LogP contribution in [0, 0.1) is 12.7 Å². The molecule has 0 aliphatic rings. The molecule has 3 nitrogen and oxygen atoms in total. The lowest BCUT2D eigenvalue weighted by Gasteiger charge is -2.08. The van der Waals surface area contributed by atoms with E-state index in [-0.39, 0.29) is 5.82 Å². The Labute approximate surface area is 118 Å². The molecule has 1 N–H and O–H groups in total. The van der Waals surface area contributed by atoms with Gasteiger partial charge in [0.15, 0.2) is 0 Å². The highest BCUT2D eigenvalue weighted by atomic mass is 19.1. The monoisotopic (exact) mass is 277 g/mol. The molecule has 0 atom stereocenters. The van der Waals surface area contributed by atoms with Gasteiger partial charge >= 0.3 is 0 Å². The first-order valence-corrected chi connectivity index (χ1v) is 6.81. The molecule has 1 heterocycles. The molecule has 108 valence electrons. The van der Waals surface area contributed by atoms with Crippen molar-refractivity contribution in [1.82, 2.24) is 5.32 Å². The van der Waals surface area contributed by atoms with Gasteiger partial charge in [-0.1, -0.05) is 6.07 Å². The molecular weight excluding hydrogens is 257 g/mol. The maximum atomic E-state index is 12.9. The lowest BCUT2D eigenvalue weighted by molar-refractivity contribution is 0.104. The van der Waals surface area contributed by atoms with E-state index in [1.807, 2.05) is 25.1 Å². The van der Waals surface area contributed by atoms with Gasteiger partial charge in [-0.15, -0.1) is 0 Å². The predicted molar refractivity (Wildman–Crippen MR) is 75.8 cm³/mol. The molecule has 0 bridgehead atoms. The Morgan fingerprint density at radius 3 is 2.95 bits per heavy atom. The van der Waals surface area contributed by atoms with Gasteiger partial charge in [0.2, 0.25) is 0 Å². The average Bonchev–Trinajstić information content (AvgIpc) is 2.93. The maximum absolute atomic E-state index is 12.9. The Morgan fingerprint density at radius 2 is 2.20 bits per heavy atom. The fourth-order valence-electron chi connectivity index (χ4n) is 1.95. The number of hydrogen-bond donors (Lipinski definition) is 1. The Kier molecular flexibility index (Phi) is 5.77. The number of benzene rings is 1. The van der Waals surface area contributed by atoms with E-state index in [1.54, 1.807) is 12.3 Å². The number of nitrogens with one attached hydrogen (secondary N) is 1. The van der Waals surface area contributed by atoms with Crippen molar-refractivity contribution in [3.63, 3.8) is 0 Å². The van der Waals surface area contributed by atoms with Crippen molar-refractivity contribution in [2.24, 2.45) is 0 Å². The molecule has 1 aromatic heterocycles. The third-order valence-electron chi connectivity index (χ3n) is 3.09. The van der Waals surface area contributed by atoms with E-state index in [9.17, 15) is 4.39 Å². The molecule has 1 aromatic carbocycles. The van der Waals surface area contributed by atoms with Crippen molar-refractivity contribution < 1.29 is 13.5 Å². The Bertz CT molecular complexity index is 511. The SMILES string of the molecule is Cc1cc(F)ccc1CNCCCOCc1ccco1. The van der Waals surface area contributed by atoms with E-state index >= 15 is 0 Å². The molecule has 2 rings (SSSR count). The largest absolute Gasteiger partial charge is 0.467 e. The number of furan rings is 1. The average molecular weight is 277 g/mol. The molecule has 0 fully saturated rings. The molecule has 4 heteroatoms. The summed E-state index contributed by atoms with van der Waals surface area (Å²) in [4.78, 5) is 0. The molecule has 20 heavy (non-hydrogen) atoms. The third kappa shape index (κ3) is 4.79. The van der Waals surface area contributed by atoms with Gasteiger partial charge < -0.3 is 14.5 Å². The summed E-state index contributed by atoms with van der Waals surface area (Å²) in [6, 6.07) is 8.63. The Balaban J connectivity index is 1.55. The second kappa shape index (κ2) is 7.82. The van der Waals surface area contributed by atoms with Gasteiger partial charge in [-0.3, -0.25) is 0 Å². The van der Waals surface area contributed by atoms with Crippen LogP contribution in [0.5, 0.6) is 0 Å². The van der Waals surface area contributed by atoms with E-state index in [0.717, 1.165) is 36.4 Å². The number of ether oxygens (including phenoxy) is 1. The normalized spacial score (nSPS) is 10.9. The lowest BCUT2D eigenvalue weighted by Crippen LogP contribution is -2.17. The van der Waals surface area contributed by atoms with Crippen LogP contribution in [0.1, 0.15) is 23.3 Å². The second-order valence-corrected chi connectivity index (χ2v) is 4.73. The molecule has 0 spiro atoms. The van der Waals surface area contributed by atoms with Crippen LogP contribution in [0.15, 0.2) is 41.0 Å². The zero-order valence-corrected chi connectivity index (χ0v) is 11.7. The van der Waals surface area contributed by atoms with Crippen LogP contribution in [-0.2, 0) is 17.9 Å². The van der Waals surface area contributed by atoms with E-state index in [0.29, 0.717) is 13.2 Å². The first kappa shape index (κ1) is 14.8. The number of rotatable bonds is 8. The Morgan fingerprint density at radius 1 is 1.30 bits per heavy atom. The van der Waals surface area contributed by atoms with Crippen molar-refractivity contribution in [3.05, 3.63) is 59.3 Å². The molecular formula is C16H20FNO2. The maximum Gasteiger partial charge on any atom is 0.129 e. The summed E-state index contributed by atoms with van der Waals surface area (Å²) in [6.45, 7) is 4.76. The standard InChI is InChI=1S/C16H20FNO2/c1-13-10-15(17)6-5-14(13)11-18-7-3-8-19-12-16-4-2-9-20-16/h2,4-6,9-10,18H,3,7-8,11-12H2,1H3. The number of aryl methyl sites for hydroxylation is 1. The lowest BCUT2D eigenvalue weighted by atomic mass is 10.1. The van der Waals surface area contributed by atoms with E-state index in [4.69, 9.17) is 9.15 Å². The van der Waals surface area contributed by atoms with Crippen LogP contribution in [0.2, 0.25) is 0 Å². The minimum absolute atomic E-state index is 0.183. The van der Waals surface area contributed by atoms with Gasteiger partial charge in [0.1, 0.15) is 18.2 Å². The van der Waals surface area contributed by atoms with Crippen LogP contribution in [0.25, 0.3) is 0 Å². The van der Waals surface area contributed by atoms with Crippen LogP contribution in [-0.4, -0.2) is 13.2 Å². The highest BCUT2D eigenvalue weighted by Crippen LogP contribution is 2.09. The quantitative estimate of drug-likeness (QED) is 0.751. The van der Waals surface area contributed by atoms with Crippen molar-refractivity contribution >= 4 is 0 Å². The van der Waals surface area contributed by atoms with Gasteiger partial charge in [-0.2, -0.15) is 0 Å². The number of hydrogen-bond acceptors (Lipinski definition) is 3. The summed E-state index contributed by atoms with van der Waals surface area (Å²) in [5.74, 6) is 0.664. The zero-order valence-electron chi connectivity index (χ0n) is 11.7. The molecule has 2 aromatic rings. The second-order valence-electron chi connectivity index (χ2n) is 4.73. The van der Waals surface area contributed by atoms with Crippen LogP contribution >= 0.6 is 0 Å². The van der Waals surface area contributed by atoms with E-state index in [1.165, 1.54) is 6.07 Å². The molecule has 0 unspecified atom stereocenters. The summed E-state index contributed by atoms with van der Waals surface area (Å²) in [6.07, 6.45) is 2.58. The highest BCUT2D eigenvalue weighted by Gasteiger charge is 2.00. The number of halogens is 1. The molecule has 0 saturated carbocycles. The fraction of sp³-hybridized carbons (Fsp3) is 0.375. The van der Waals surface area contributed by atoms with Crippen molar-refractivity contribution in [2.75, 3.05) is 13.2 Å². The van der Waals surface area contributed by atoms with Crippen molar-refractivity contribution in [3.8, 4) is 0 Å². The van der Waals surface area contributed by atoms with E-state index < -0.39 is 0 Å². The van der Waals surface area contributed by atoms with Gasteiger partial charge in [-0.25, -0.2) is 4.39 Å². The molecule has 0 radical (unpaired) electrons. The summed E-state index contributed by atoms with van der Waals surface area (Å²) < 4.78 is 23.6. The van der Waals surface area contributed by atoms with Crippen LogP contribution in [0.4, 0.5) is 4.39 Å². The molecule has 0 aliphatic heterocycles.